The van der Waals surface area contributed by atoms with Crippen molar-refractivity contribution >= 4 is 27.5 Å². The fourth-order valence-electron chi connectivity index (χ4n) is 2.60. The highest BCUT2D eigenvalue weighted by Crippen LogP contribution is 2.20. The van der Waals surface area contributed by atoms with Crippen LogP contribution in [0.15, 0.2) is 41.6 Å². The monoisotopic (exact) mass is 368 g/mol. The number of nitrogens with zero attached hydrogens (tertiary/aromatic N) is 4. The second-order valence-corrected chi connectivity index (χ2v) is 7.93. The summed E-state index contributed by atoms with van der Waals surface area (Å²) >= 11 is 5.80. The van der Waals surface area contributed by atoms with E-state index in [-0.39, 0.29) is 23.9 Å². The van der Waals surface area contributed by atoms with E-state index in [1.54, 1.807) is 35.0 Å². The van der Waals surface area contributed by atoms with E-state index in [2.05, 4.69) is 5.10 Å². The molecule has 1 fully saturated rings. The molecule has 1 aromatic carbocycles. The molecule has 1 aliphatic rings. The summed E-state index contributed by atoms with van der Waals surface area (Å²) in [6, 6.07) is 6.09. The molecule has 0 spiro atoms. The average molecular weight is 369 g/mol. The lowest BCUT2D eigenvalue weighted by molar-refractivity contribution is 0.0698. The van der Waals surface area contributed by atoms with Gasteiger partial charge in [-0.05, 0) is 24.3 Å². The fraction of sp³-hybridized carbons (Fsp3) is 0.333. The first-order valence-corrected chi connectivity index (χ1v) is 9.23. The van der Waals surface area contributed by atoms with Crippen molar-refractivity contribution in [3.05, 3.63) is 47.2 Å². The molecular weight excluding hydrogens is 352 g/mol. The zero-order valence-electron chi connectivity index (χ0n) is 13.1. The van der Waals surface area contributed by atoms with Crippen LogP contribution in [-0.4, -0.2) is 59.5 Å². The molecule has 0 bridgehead atoms. The Morgan fingerprint density at radius 1 is 1.12 bits per heavy atom. The molecular formula is C15H17ClN4O3S. The van der Waals surface area contributed by atoms with Crippen molar-refractivity contribution in [2.45, 2.75) is 4.90 Å². The van der Waals surface area contributed by atoms with Crippen LogP contribution in [0.5, 0.6) is 0 Å². The number of piperazine rings is 1. The van der Waals surface area contributed by atoms with Crippen molar-refractivity contribution in [1.29, 1.82) is 0 Å². The number of rotatable bonds is 3. The molecule has 2 aromatic rings. The molecule has 0 radical (unpaired) electrons. The predicted molar refractivity (Wildman–Crippen MR) is 89.3 cm³/mol. The summed E-state index contributed by atoms with van der Waals surface area (Å²) in [5.74, 6) is -0.133. The quantitative estimate of drug-likeness (QED) is 0.816. The Hall–Kier alpha value is -1.90. The fourth-order valence-corrected chi connectivity index (χ4v) is 4.15. The molecule has 1 aromatic heterocycles. The number of sulfonamides is 1. The number of carbonyl (C=O) groups is 1. The number of carbonyl (C=O) groups excluding carboxylic acids is 1. The van der Waals surface area contributed by atoms with E-state index in [1.807, 2.05) is 0 Å². The van der Waals surface area contributed by atoms with Crippen molar-refractivity contribution in [2.24, 2.45) is 7.05 Å². The van der Waals surface area contributed by atoms with Gasteiger partial charge in [-0.25, -0.2) is 8.42 Å². The van der Waals surface area contributed by atoms with Gasteiger partial charge in [0.25, 0.3) is 5.91 Å². The molecule has 0 saturated carbocycles. The van der Waals surface area contributed by atoms with Crippen molar-refractivity contribution in [1.82, 2.24) is 19.0 Å². The number of aryl methyl sites for hydroxylation is 1. The minimum absolute atomic E-state index is 0.133. The van der Waals surface area contributed by atoms with Crippen LogP contribution in [0.4, 0.5) is 0 Å². The molecule has 24 heavy (non-hydrogen) atoms. The van der Waals surface area contributed by atoms with Crippen molar-refractivity contribution < 1.29 is 13.2 Å². The highest BCUT2D eigenvalue weighted by molar-refractivity contribution is 7.89. The number of hydrogen-bond donors (Lipinski definition) is 0. The summed E-state index contributed by atoms with van der Waals surface area (Å²) in [4.78, 5) is 14.2. The molecule has 128 valence electrons. The van der Waals surface area contributed by atoms with Crippen LogP contribution < -0.4 is 0 Å². The van der Waals surface area contributed by atoms with E-state index in [9.17, 15) is 13.2 Å². The lowest BCUT2D eigenvalue weighted by atomic mass is 10.2. The summed E-state index contributed by atoms with van der Waals surface area (Å²) < 4.78 is 28.2. The largest absolute Gasteiger partial charge is 0.336 e. The van der Waals surface area contributed by atoms with Gasteiger partial charge in [-0.15, -0.1) is 0 Å². The zero-order valence-corrected chi connectivity index (χ0v) is 14.7. The van der Waals surface area contributed by atoms with Gasteiger partial charge >= 0.3 is 0 Å². The molecule has 0 aliphatic carbocycles. The Labute approximate surface area is 145 Å². The molecule has 2 heterocycles. The average Bonchev–Trinajstić information content (AvgIpc) is 3.01. The number of halogens is 1. The van der Waals surface area contributed by atoms with Gasteiger partial charge < -0.3 is 4.90 Å². The number of hydrogen-bond acceptors (Lipinski definition) is 4. The lowest BCUT2D eigenvalue weighted by Gasteiger charge is -2.33. The maximum Gasteiger partial charge on any atom is 0.257 e. The third-order valence-electron chi connectivity index (χ3n) is 3.93. The Morgan fingerprint density at radius 2 is 1.75 bits per heavy atom. The van der Waals surface area contributed by atoms with Crippen molar-refractivity contribution in [3.8, 4) is 0 Å². The van der Waals surface area contributed by atoms with Crippen LogP contribution in [0.1, 0.15) is 10.4 Å². The number of amides is 1. The van der Waals surface area contributed by atoms with E-state index in [0.717, 1.165) is 0 Å². The van der Waals surface area contributed by atoms with E-state index in [0.29, 0.717) is 23.7 Å². The Bertz CT molecular complexity index is 840. The Morgan fingerprint density at radius 3 is 2.29 bits per heavy atom. The van der Waals surface area contributed by atoms with E-state index in [1.165, 1.54) is 22.6 Å². The van der Waals surface area contributed by atoms with Gasteiger partial charge in [-0.2, -0.15) is 9.40 Å². The van der Waals surface area contributed by atoms with Crippen LogP contribution in [-0.2, 0) is 17.1 Å². The summed E-state index contributed by atoms with van der Waals surface area (Å²) in [7, 11) is -1.82. The van der Waals surface area contributed by atoms with E-state index < -0.39 is 10.0 Å². The van der Waals surface area contributed by atoms with E-state index >= 15 is 0 Å². The minimum Gasteiger partial charge on any atom is -0.336 e. The van der Waals surface area contributed by atoms with Crippen LogP contribution in [0.25, 0.3) is 0 Å². The van der Waals surface area contributed by atoms with Gasteiger partial charge in [0.05, 0.1) is 16.7 Å². The van der Waals surface area contributed by atoms with Gasteiger partial charge in [0.2, 0.25) is 10.0 Å². The first-order valence-electron chi connectivity index (χ1n) is 7.41. The Balaban J connectivity index is 1.68. The van der Waals surface area contributed by atoms with Gasteiger partial charge in [-0.1, -0.05) is 11.6 Å². The number of aromatic nitrogens is 2. The first-order chi connectivity index (χ1) is 11.4. The highest BCUT2D eigenvalue weighted by Gasteiger charge is 2.30. The standard InChI is InChI=1S/C15H17ClN4O3S/c1-18-11-12(10-17-18)15(21)19-6-8-20(9-7-19)24(22,23)14-4-2-13(16)3-5-14/h2-5,10-11H,6-9H2,1H3. The molecule has 3 rings (SSSR count). The molecule has 1 saturated heterocycles. The van der Waals surface area contributed by atoms with Crippen LogP contribution in [0.3, 0.4) is 0 Å². The second kappa shape index (κ2) is 6.54. The molecule has 0 atom stereocenters. The van der Waals surface area contributed by atoms with Crippen molar-refractivity contribution in [2.75, 3.05) is 26.2 Å². The molecule has 9 heteroatoms. The maximum absolute atomic E-state index is 12.6. The maximum atomic E-state index is 12.6. The summed E-state index contributed by atoms with van der Waals surface area (Å²) in [5, 5.41) is 4.47. The van der Waals surface area contributed by atoms with Gasteiger partial charge in [0.1, 0.15) is 0 Å². The molecule has 7 nitrogen and oxygen atoms in total. The summed E-state index contributed by atoms with van der Waals surface area (Å²) in [6.07, 6.45) is 3.17. The van der Waals surface area contributed by atoms with E-state index in [4.69, 9.17) is 11.6 Å². The lowest BCUT2D eigenvalue weighted by Crippen LogP contribution is -2.50. The normalized spacial score (nSPS) is 16.3. The second-order valence-electron chi connectivity index (χ2n) is 5.55. The molecule has 1 aliphatic heterocycles. The third-order valence-corrected chi connectivity index (χ3v) is 6.09. The third kappa shape index (κ3) is 3.31. The minimum atomic E-state index is -3.57. The molecule has 0 N–H and O–H groups in total. The topological polar surface area (TPSA) is 75.5 Å². The van der Waals surface area contributed by atoms with Crippen LogP contribution in [0, 0.1) is 0 Å². The van der Waals surface area contributed by atoms with Gasteiger partial charge in [0.15, 0.2) is 0 Å². The molecule has 0 unspecified atom stereocenters. The van der Waals surface area contributed by atoms with Crippen molar-refractivity contribution in [3.63, 3.8) is 0 Å². The SMILES string of the molecule is Cn1cc(C(=O)N2CCN(S(=O)(=O)c3ccc(Cl)cc3)CC2)cn1. The Kier molecular flexibility index (Phi) is 4.62. The van der Waals surface area contributed by atoms with Crippen LogP contribution >= 0.6 is 11.6 Å². The first kappa shape index (κ1) is 16.9. The predicted octanol–water partition coefficient (Wildman–Crippen LogP) is 1.22. The number of benzene rings is 1. The van der Waals surface area contributed by atoms with Gasteiger partial charge in [0, 0.05) is 44.4 Å². The van der Waals surface area contributed by atoms with Crippen LogP contribution in [0.2, 0.25) is 5.02 Å². The summed E-state index contributed by atoms with van der Waals surface area (Å²) in [6.45, 7) is 1.22. The molecule has 1 amide bonds. The highest BCUT2D eigenvalue weighted by atomic mass is 35.5. The summed E-state index contributed by atoms with van der Waals surface area (Å²) in [5.41, 5.74) is 0.506. The zero-order chi connectivity index (χ0) is 17.3. The smallest absolute Gasteiger partial charge is 0.257 e. The van der Waals surface area contributed by atoms with Gasteiger partial charge in [-0.3, -0.25) is 9.48 Å².